The summed E-state index contributed by atoms with van der Waals surface area (Å²) < 4.78 is 27.7. The maximum Gasteiger partial charge on any atom is 0.261 e. The van der Waals surface area contributed by atoms with Crippen LogP contribution < -0.4 is 15.4 Å². The highest BCUT2D eigenvalue weighted by molar-refractivity contribution is 7.92. The van der Waals surface area contributed by atoms with Crippen molar-refractivity contribution >= 4 is 34.0 Å². The van der Waals surface area contributed by atoms with E-state index in [1.165, 1.54) is 12.1 Å². The number of nitrogens with one attached hydrogen (secondary N) is 3. The van der Waals surface area contributed by atoms with Crippen LogP contribution in [0.15, 0.2) is 53.4 Å². The third kappa shape index (κ3) is 5.47. The van der Waals surface area contributed by atoms with Gasteiger partial charge in [-0.05, 0) is 69.1 Å². The molecule has 0 saturated carbocycles. The van der Waals surface area contributed by atoms with Crippen LogP contribution in [0, 0.1) is 6.92 Å². The molecule has 1 heterocycles. The van der Waals surface area contributed by atoms with Crippen LogP contribution in [0.3, 0.4) is 0 Å². The molecule has 0 bridgehead atoms. The topological polar surface area (TPSA) is 87.3 Å². The number of piperidine rings is 1. The number of carbonyl (C=O) groups is 1. The number of para-hydroxylation sites is 1. The van der Waals surface area contributed by atoms with Crippen LogP contribution >= 0.6 is 12.4 Å². The number of rotatable bonds is 5. The number of hydrogen-bond acceptors (Lipinski definition) is 4. The van der Waals surface area contributed by atoms with E-state index in [2.05, 4.69) is 22.3 Å². The van der Waals surface area contributed by atoms with E-state index in [4.69, 9.17) is 0 Å². The summed E-state index contributed by atoms with van der Waals surface area (Å²) in [5.74, 6) is -0.176. The molecular formula is C20H26ClN3O3S. The highest BCUT2D eigenvalue weighted by Gasteiger charge is 2.21. The minimum Gasteiger partial charge on any atom is -0.349 e. The van der Waals surface area contributed by atoms with Gasteiger partial charge in [0.1, 0.15) is 0 Å². The van der Waals surface area contributed by atoms with Crippen molar-refractivity contribution in [1.29, 1.82) is 0 Å². The predicted molar refractivity (Wildman–Crippen MR) is 114 cm³/mol. The van der Waals surface area contributed by atoms with Gasteiger partial charge in [-0.2, -0.15) is 0 Å². The Kier molecular flexibility index (Phi) is 7.46. The second-order valence-electron chi connectivity index (χ2n) is 6.99. The number of hydrogen-bond donors (Lipinski definition) is 3. The average Bonchev–Trinajstić information content (AvgIpc) is 2.64. The Morgan fingerprint density at radius 2 is 1.79 bits per heavy atom. The lowest BCUT2D eigenvalue weighted by atomic mass is 10.0. The van der Waals surface area contributed by atoms with Gasteiger partial charge < -0.3 is 10.6 Å². The maximum absolute atomic E-state index is 12.6. The molecule has 1 aliphatic heterocycles. The first kappa shape index (κ1) is 22.2. The maximum atomic E-state index is 12.6. The highest BCUT2D eigenvalue weighted by atomic mass is 35.5. The second kappa shape index (κ2) is 9.41. The lowest BCUT2D eigenvalue weighted by molar-refractivity contribution is 0.0925. The molecule has 1 amide bonds. The van der Waals surface area contributed by atoms with Gasteiger partial charge >= 0.3 is 0 Å². The van der Waals surface area contributed by atoms with Crippen LogP contribution in [-0.2, 0) is 10.0 Å². The summed E-state index contributed by atoms with van der Waals surface area (Å²) in [6.45, 7) is 4.82. The lowest BCUT2D eigenvalue weighted by Gasteiger charge is -2.28. The minimum absolute atomic E-state index is 0. The Morgan fingerprint density at radius 3 is 2.43 bits per heavy atom. The van der Waals surface area contributed by atoms with E-state index < -0.39 is 10.0 Å². The van der Waals surface area contributed by atoms with E-state index in [0.717, 1.165) is 24.9 Å². The molecule has 0 spiro atoms. The molecule has 3 rings (SSSR count). The smallest absolute Gasteiger partial charge is 0.261 e. The van der Waals surface area contributed by atoms with Crippen LogP contribution in [0.1, 0.15) is 35.7 Å². The summed E-state index contributed by atoms with van der Waals surface area (Å²) in [6.07, 6.45) is 1.78. The first-order valence-electron chi connectivity index (χ1n) is 9.08. The van der Waals surface area contributed by atoms with E-state index in [0.29, 0.717) is 17.3 Å². The number of benzene rings is 2. The van der Waals surface area contributed by atoms with Gasteiger partial charge in [0.15, 0.2) is 0 Å². The Bertz CT molecular complexity index is 917. The molecule has 0 radical (unpaired) electrons. The molecule has 8 heteroatoms. The quantitative estimate of drug-likeness (QED) is 0.689. The van der Waals surface area contributed by atoms with E-state index in [9.17, 15) is 13.2 Å². The van der Waals surface area contributed by atoms with Gasteiger partial charge in [0.2, 0.25) is 0 Å². The van der Waals surface area contributed by atoms with Gasteiger partial charge in [-0.3, -0.25) is 9.52 Å². The number of anilines is 1. The van der Waals surface area contributed by atoms with Crippen molar-refractivity contribution in [3.05, 3.63) is 59.7 Å². The van der Waals surface area contributed by atoms with Crippen LogP contribution in [0.5, 0.6) is 0 Å². The summed E-state index contributed by atoms with van der Waals surface area (Å²) in [6, 6.07) is 13.7. The summed E-state index contributed by atoms with van der Waals surface area (Å²) in [5, 5.41) is 6.37. The van der Waals surface area contributed by atoms with Crippen molar-refractivity contribution in [3.63, 3.8) is 0 Å². The van der Waals surface area contributed by atoms with E-state index in [1.54, 1.807) is 24.3 Å². The standard InChI is InChI=1S/C20H25N3O3S.ClH/c1-14-5-3-4-6-19(14)23-27(25,26)18-9-7-16(8-10-18)20(24)22-17-11-12-21-15(2)13-17;/h3-10,15,17,21,23H,11-13H2,1-2H3,(H,22,24);1H. The van der Waals surface area contributed by atoms with Crippen molar-refractivity contribution < 1.29 is 13.2 Å². The van der Waals surface area contributed by atoms with Gasteiger partial charge in [0.25, 0.3) is 15.9 Å². The molecule has 2 atom stereocenters. The van der Waals surface area contributed by atoms with E-state index >= 15 is 0 Å². The molecule has 1 aliphatic rings. The van der Waals surface area contributed by atoms with Crippen molar-refractivity contribution in [2.75, 3.05) is 11.3 Å². The Morgan fingerprint density at radius 1 is 1.11 bits per heavy atom. The van der Waals surface area contributed by atoms with Gasteiger partial charge in [-0.15, -0.1) is 12.4 Å². The minimum atomic E-state index is -3.70. The highest BCUT2D eigenvalue weighted by Crippen LogP contribution is 2.20. The van der Waals surface area contributed by atoms with Crippen LogP contribution in [0.2, 0.25) is 0 Å². The van der Waals surface area contributed by atoms with Gasteiger partial charge in [0, 0.05) is 17.6 Å². The van der Waals surface area contributed by atoms with Crippen LogP contribution in [0.25, 0.3) is 0 Å². The van der Waals surface area contributed by atoms with E-state index in [1.807, 2.05) is 19.1 Å². The molecule has 2 aromatic carbocycles. The monoisotopic (exact) mass is 423 g/mol. The molecule has 0 aromatic heterocycles. The molecule has 1 saturated heterocycles. The van der Waals surface area contributed by atoms with Crippen LogP contribution in [0.4, 0.5) is 5.69 Å². The first-order chi connectivity index (χ1) is 12.8. The van der Waals surface area contributed by atoms with Gasteiger partial charge in [-0.25, -0.2) is 8.42 Å². The van der Waals surface area contributed by atoms with Crippen molar-refractivity contribution in [2.24, 2.45) is 0 Å². The SMILES string of the molecule is Cc1ccccc1NS(=O)(=O)c1ccc(C(=O)NC2CCNC(C)C2)cc1.Cl. The molecule has 0 aliphatic carbocycles. The molecule has 152 valence electrons. The fourth-order valence-corrected chi connectivity index (χ4v) is 4.34. The predicted octanol–water partition coefficient (Wildman–Crippen LogP) is 3.09. The normalized spacial score (nSPS) is 19.4. The molecule has 28 heavy (non-hydrogen) atoms. The molecule has 2 aromatic rings. The molecular weight excluding hydrogens is 398 g/mol. The molecule has 3 N–H and O–H groups in total. The summed E-state index contributed by atoms with van der Waals surface area (Å²) in [4.78, 5) is 12.5. The number of sulfonamides is 1. The number of amides is 1. The Balaban J connectivity index is 0.00000280. The first-order valence-corrected chi connectivity index (χ1v) is 10.6. The lowest BCUT2D eigenvalue weighted by Crippen LogP contribution is -2.46. The fourth-order valence-electron chi connectivity index (χ4n) is 3.21. The third-order valence-electron chi connectivity index (χ3n) is 4.78. The second-order valence-corrected chi connectivity index (χ2v) is 8.68. The van der Waals surface area contributed by atoms with Gasteiger partial charge in [-0.1, -0.05) is 18.2 Å². The van der Waals surface area contributed by atoms with Crippen LogP contribution in [-0.4, -0.2) is 33.0 Å². The number of halogens is 1. The Hall–Kier alpha value is -2.09. The van der Waals surface area contributed by atoms with E-state index in [-0.39, 0.29) is 29.3 Å². The fraction of sp³-hybridized carbons (Fsp3) is 0.350. The van der Waals surface area contributed by atoms with Crippen molar-refractivity contribution in [2.45, 2.75) is 43.7 Å². The summed E-state index contributed by atoms with van der Waals surface area (Å²) >= 11 is 0. The zero-order chi connectivity index (χ0) is 19.4. The van der Waals surface area contributed by atoms with Gasteiger partial charge in [0.05, 0.1) is 10.6 Å². The molecule has 6 nitrogen and oxygen atoms in total. The van der Waals surface area contributed by atoms with Crippen molar-refractivity contribution in [1.82, 2.24) is 10.6 Å². The zero-order valence-corrected chi connectivity index (χ0v) is 17.6. The molecule has 2 unspecified atom stereocenters. The summed E-state index contributed by atoms with van der Waals surface area (Å²) in [5.41, 5.74) is 1.84. The summed E-state index contributed by atoms with van der Waals surface area (Å²) in [7, 11) is -3.70. The number of aryl methyl sites for hydroxylation is 1. The molecule has 1 fully saturated rings. The third-order valence-corrected chi connectivity index (χ3v) is 6.16. The Labute approximate surface area is 172 Å². The largest absolute Gasteiger partial charge is 0.349 e. The zero-order valence-electron chi connectivity index (χ0n) is 15.9. The number of carbonyl (C=O) groups excluding carboxylic acids is 1. The average molecular weight is 424 g/mol. The van der Waals surface area contributed by atoms with Crippen molar-refractivity contribution in [3.8, 4) is 0 Å².